The second-order valence-electron chi connectivity index (χ2n) is 7.24. The first-order valence-electron chi connectivity index (χ1n) is 10.2. The van der Waals surface area contributed by atoms with E-state index in [1.54, 1.807) is 0 Å². The lowest BCUT2D eigenvalue weighted by molar-refractivity contribution is -0.109. The number of hydrogen-bond donors (Lipinski definition) is 0. The molecule has 0 spiro atoms. The van der Waals surface area contributed by atoms with Gasteiger partial charge in [-0.25, -0.2) is 0 Å². The summed E-state index contributed by atoms with van der Waals surface area (Å²) < 4.78 is 5.55. The van der Waals surface area contributed by atoms with E-state index < -0.39 is 0 Å². The number of carbonyl (C=O) groups excluding carboxylic acids is 1. The molecule has 0 amide bonds. The van der Waals surface area contributed by atoms with Gasteiger partial charge in [0.1, 0.15) is 17.4 Å². The quantitative estimate of drug-likeness (QED) is 0.334. The van der Waals surface area contributed by atoms with Crippen molar-refractivity contribution in [1.29, 1.82) is 0 Å². The summed E-state index contributed by atoms with van der Waals surface area (Å²) in [6, 6.07) is 11.7. The topological polar surface area (TPSA) is 55.3 Å². The van der Waals surface area contributed by atoms with Gasteiger partial charge in [0.05, 0.1) is 0 Å². The summed E-state index contributed by atoms with van der Waals surface area (Å²) in [4.78, 5) is 12.7. The highest BCUT2D eigenvalue weighted by Gasteiger charge is 2.19. The average molecular weight is 456 g/mol. The van der Waals surface area contributed by atoms with Crippen LogP contribution in [0, 0.1) is 13.8 Å². The van der Waals surface area contributed by atoms with Crippen molar-refractivity contribution in [3.63, 3.8) is 0 Å². The van der Waals surface area contributed by atoms with E-state index in [9.17, 15) is 4.79 Å². The number of ether oxygens (including phenoxy) is 1. The molecule has 1 heterocycles. The van der Waals surface area contributed by atoms with Crippen LogP contribution in [0.4, 0.5) is 5.13 Å². The Balaban J connectivity index is 1.93. The molecule has 1 aromatic heterocycles. The molecule has 0 aliphatic rings. The first-order chi connectivity index (χ1) is 15.0. The van der Waals surface area contributed by atoms with Gasteiger partial charge in [-0.1, -0.05) is 61.1 Å². The third-order valence-electron chi connectivity index (χ3n) is 4.89. The Bertz CT molecular complexity index is 1060. The van der Waals surface area contributed by atoms with Crippen LogP contribution in [0.15, 0.2) is 43.0 Å². The van der Waals surface area contributed by atoms with E-state index in [0.717, 1.165) is 69.5 Å². The summed E-state index contributed by atoms with van der Waals surface area (Å²) in [6.07, 6.45) is 2.80. The van der Waals surface area contributed by atoms with Crippen molar-refractivity contribution in [2.24, 2.45) is 0 Å². The Morgan fingerprint density at radius 3 is 2.58 bits per heavy atom. The maximum Gasteiger partial charge on any atom is 0.213 e. The van der Waals surface area contributed by atoms with E-state index in [0.29, 0.717) is 5.02 Å². The molecular weight excluding hydrogens is 430 g/mol. The van der Waals surface area contributed by atoms with Gasteiger partial charge in [-0.3, -0.25) is 4.79 Å². The number of carbonyl (C=O) groups is 1. The smallest absolute Gasteiger partial charge is 0.213 e. The zero-order valence-electron chi connectivity index (χ0n) is 18.0. The number of benzene rings is 2. The first kappa shape index (κ1) is 23.0. The maximum atomic E-state index is 10.6. The summed E-state index contributed by atoms with van der Waals surface area (Å²) in [5, 5.41) is 11.2. The zero-order valence-corrected chi connectivity index (χ0v) is 19.6. The highest BCUT2D eigenvalue weighted by atomic mass is 35.5. The number of unbranched alkanes of at least 4 members (excludes halogenated alkanes) is 1. The maximum absolute atomic E-state index is 10.6. The normalized spacial score (nSPS) is 10.7. The van der Waals surface area contributed by atoms with Crippen LogP contribution >= 0.6 is 22.9 Å². The van der Waals surface area contributed by atoms with Gasteiger partial charge in [-0.15, -0.1) is 10.2 Å². The summed E-state index contributed by atoms with van der Waals surface area (Å²) in [5.41, 5.74) is 4.58. The molecular formula is C24H26ClN3O2S. The Morgan fingerprint density at radius 1 is 1.23 bits per heavy atom. The lowest BCUT2D eigenvalue weighted by Gasteiger charge is -2.24. The molecule has 0 bridgehead atoms. The van der Waals surface area contributed by atoms with Crippen LogP contribution in [-0.4, -0.2) is 29.6 Å². The van der Waals surface area contributed by atoms with Crippen LogP contribution in [-0.2, 0) is 4.79 Å². The van der Waals surface area contributed by atoms with E-state index in [-0.39, 0.29) is 6.61 Å². The standard InChI is InChI=1S/C24H26ClN3O2S/c1-5-6-11-28(18(4)20-9-7-8-10-21(20)25)24-27-26-23(31-24)19-14-16(2)22(17(3)15-19)30-13-12-29/h7-10,12,14-15H,4-6,11,13H2,1-3H3. The van der Waals surface area contributed by atoms with Gasteiger partial charge in [0.15, 0.2) is 6.29 Å². The molecule has 5 nitrogen and oxygen atoms in total. The Hall–Kier alpha value is -2.70. The third kappa shape index (κ3) is 5.32. The lowest BCUT2D eigenvalue weighted by atomic mass is 10.1. The predicted octanol–water partition coefficient (Wildman–Crippen LogP) is 6.33. The highest BCUT2D eigenvalue weighted by molar-refractivity contribution is 7.18. The predicted molar refractivity (Wildman–Crippen MR) is 129 cm³/mol. The first-order valence-corrected chi connectivity index (χ1v) is 11.4. The molecule has 0 radical (unpaired) electrons. The molecule has 0 N–H and O–H groups in total. The number of nitrogens with zero attached hydrogens (tertiary/aromatic N) is 3. The Labute approximate surface area is 192 Å². The third-order valence-corrected chi connectivity index (χ3v) is 6.22. The van der Waals surface area contributed by atoms with E-state index in [1.165, 1.54) is 11.3 Å². The minimum absolute atomic E-state index is 0.0422. The summed E-state index contributed by atoms with van der Waals surface area (Å²) >= 11 is 7.94. The van der Waals surface area contributed by atoms with Gasteiger partial charge in [-0.05, 0) is 49.6 Å². The van der Waals surface area contributed by atoms with Crippen molar-refractivity contribution < 1.29 is 9.53 Å². The fraction of sp³-hybridized carbons (Fsp3) is 0.292. The molecule has 7 heteroatoms. The van der Waals surface area contributed by atoms with Gasteiger partial charge in [0.25, 0.3) is 0 Å². The Kier molecular flexibility index (Phi) is 7.82. The van der Waals surface area contributed by atoms with E-state index >= 15 is 0 Å². The van der Waals surface area contributed by atoms with E-state index in [2.05, 4.69) is 28.6 Å². The minimum Gasteiger partial charge on any atom is -0.486 e. The monoisotopic (exact) mass is 455 g/mol. The number of hydrogen-bond acceptors (Lipinski definition) is 6. The minimum atomic E-state index is 0.0422. The van der Waals surface area contributed by atoms with Crippen molar-refractivity contribution in [3.8, 4) is 16.3 Å². The van der Waals surface area contributed by atoms with Crippen LogP contribution in [0.25, 0.3) is 16.3 Å². The molecule has 0 fully saturated rings. The fourth-order valence-electron chi connectivity index (χ4n) is 3.36. The molecule has 0 saturated heterocycles. The Morgan fingerprint density at radius 2 is 1.94 bits per heavy atom. The lowest BCUT2D eigenvalue weighted by Crippen LogP contribution is -2.22. The van der Waals surface area contributed by atoms with Gasteiger partial charge in [-0.2, -0.15) is 0 Å². The largest absolute Gasteiger partial charge is 0.486 e. The van der Waals surface area contributed by atoms with Crippen molar-refractivity contribution in [2.45, 2.75) is 33.6 Å². The molecule has 2 aromatic carbocycles. The number of halogens is 1. The molecule has 0 atom stereocenters. The molecule has 0 saturated carbocycles. The van der Waals surface area contributed by atoms with Gasteiger partial charge in [0.2, 0.25) is 5.13 Å². The molecule has 3 rings (SSSR count). The van der Waals surface area contributed by atoms with Gasteiger partial charge >= 0.3 is 0 Å². The molecule has 0 unspecified atom stereocenters. The van der Waals surface area contributed by atoms with Crippen LogP contribution < -0.4 is 9.64 Å². The number of rotatable bonds is 10. The van der Waals surface area contributed by atoms with E-state index in [4.69, 9.17) is 16.3 Å². The van der Waals surface area contributed by atoms with Crippen molar-refractivity contribution in [1.82, 2.24) is 10.2 Å². The SMILES string of the molecule is C=C(c1ccccc1Cl)N(CCCC)c1nnc(-c2cc(C)c(OCC=O)c(C)c2)s1. The van der Waals surface area contributed by atoms with Crippen molar-refractivity contribution in [2.75, 3.05) is 18.1 Å². The summed E-state index contributed by atoms with van der Waals surface area (Å²) in [5.74, 6) is 0.734. The zero-order chi connectivity index (χ0) is 22.4. The average Bonchev–Trinajstić information content (AvgIpc) is 3.23. The second kappa shape index (κ2) is 10.6. The number of anilines is 1. The summed E-state index contributed by atoms with van der Waals surface area (Å²) in [6.45, 7) is 11.2. The number of aryl methyl sites for hydroxylation is 2. The highest BCUT2D eigenvalue weighted by Crippen LogP contribution is 2.36. The molecule has 31 heavy (non-hydrogen) atoms. The van der Waals surface area contributed by atoms with Crippen LogP contribution in [0.2, 0.25) is 5.02 Å². The molecule has 0 aliphatic carbocycles. The van der Waals surface area contributed by atoms with Crippen molar-refractivity contribution in [3.05, 3.63) is 64.7 Å². The fourth-order valence-corrected chi connectivity index (χ4v) is 4.49. The second-order valence-corrected chi connectivity index (χ2v) is 8.60. The number of aldehydes is 1. The molecule has 162 valence electrons. The molecule has 0 aliphatic heterocycles. The summed E-state index contributed by atoms with van der Waals surface area (Å²) in [7, 11) is 0. The van der Waals surface area contributed by atoms with E-state index in [1.807, 2.05) is 50.2 Å². The molecule has 3 aromatic rings. The van der Waals surface area contributed by atoms with Crippen LogP contribution in [0.1, 0.15) is 36.5 Å². The van der Waals surface area contributed by atoms with Crippen molar-refractivity contribution >= 4 is 40.1 Å². The van der Waals surface area contributed by atoms with Crippen LogP contribution in [0.5, 0.6) is 5.75 Å². The number of aromatic nitrogens is 2. The van der Waals surface area contributed by atoms with Gasteiger partial charge < -0.3 is 9.64 Å². The van der Waals surface area contributed by atoms with Crippen LogP contribution in [0.3, 0.4) is 0 Å². The van der Waals surface area contributed by atoms with Gasteiger partial charge in [0, 0.05) is 28.4 Å².